The van der Waals surface area contributed by atoms with Crippen LogP contribution in [0.3, 0.4) is 0 Å². The Labute approximate surface area is 160 Å². The van der Waals surface area contributed by atoms with Gasteiger partial charge in [0.25, 0.3) is 0 Å². The number of nitrogens with zero attached hydrogens (tertiary/aromatic N) is 3. The smallest absolute Gasteiger partial charge is 0.241 e. The number of carbonyl (C=O) groups excluding carboxylic acids is 3. The fraction of sp³-hybridized carbons (Fsp3) is 0.571. The van der Waals surface area contributed by atoms with Crippen molar-refractivity contribution in [3.05, 3.63) is 35.9 Å². The second-order valence-corrected chi connectivity index (χ2v) is 8.34. The van der Waals surface area contributed by atoms with E-state index in [0.717, 1.165) is 31.2 Å². The van der Waals surface area contributed by atoms with Gasteiger partial charge in [-0.1, -0.05) is 30.3 Å². The van der Waals surface area contributed by atoms with E-state index in [4.69, 9.17) is 0 Å². The predicted octanol–water partition coefficient (Wildman–Crippen LogP) is 1.26. The molecule has 3 amide bonds. The first kappa shape index (κ1) is 18.0. The number of hydrogen-bond acceptors (Lipinski definition) is 3. The Hall–Kier alpha value is -2.37. The molecule has 4 aliphatic rings. The Balaban J connectivity index is 1.54. The number of carbonyl (C=O) groups is 3. The molecule has 3 aliphatic heterocycles. The monoisotopic (exact) mass is 369 g/mol. The molecule has 0 unspecified atom stereocenters. The van der Waals surface area contributed by atoms with E-state index in [1.54, 1.807) is 19.0 Å². The average molecular weight is 369 g/mol. The third-order valence-electron chi connectivity index (χ3n) is 6.37. The highest BCUT2D eigenvalue weighted by molar-refractivity contribution is 5.93. The van der Waals surface area contributed by atoms with Crippen molar-refractivity contribution in [3.63, 3.8) is 0 Å². The van der Waals surface area contributed by atoms with Gasteiger partial charge in [-0.25, -0.2) is 0 Å². The standard InChI is InChI=1S/C21H27N3O3/c1-22(2)18(25)14-24-17-9-8-15(19(24)26)12-23(13-17)20(27)21(10-11-21)16-6-4-3-5-7-16/h3-7,15,17H,8-14H2,1-2H3/t15-,17+/m0/s1. The van der Waals surface area contributed by atoms with Gasteiger partial charge in [0, 0.05) is 33.2 Å². The molecule has 1 saturated carbocycles. The lowest BCUT2D eigenvalue weighted by Gasteiger charge is -2.36. The Morgan fingerprint density at radius 1 is 1.11 bits per heavy atom. The third-order valence-corrected chi connectivity index (χ3v) is 6.37. The molecule has 2 bridgehead atoms. The number of amides is 3. The van der Waals surface area contributed by atoms with Gasteiger partial charge < -0.3 is 14.7 Å². The van der Waals surface area contributed by atoms with Gasteiger partial charge in [0.15, 0.2) is 0 Å². The Morgan fingerprint density at radius 3 is 2.44 bits per heavy atom. The Bertz CT molecular complexity index is 757. The lowest BCUT2D eigenvalue weighted by Crippen LogP contribution is -2.51. The molecule has 27 heavy (non-hydrogen) atoms. The first-order valence-corrected chi connectivity index (χ1v) is 9.78. The van der Waals surface area contributed by atoms with Crippen LogP contribution in [0.2, 0.25) is 0 Å². The predicted molar refractivity (Wildman–Crippen MR) is 101 cm³/mol. The largest absolute Gasteiger partial charge is 0.347 e. The van der Waals surface area contributed by atoms with E-state index in [2.05, 4.69) is 0 Å². The molecule has 4 fully saturated rings. The molecule has 144 valence electrons. The van der Waals surface area contributed by atoms with Crippen molar-refractivity contribution in [1.82, 2.24) is 14.7 Å². The van der Waals surface area contributed by atoms with E-state index in [9.17, 15) is 14.4 Å². The quantitative estimate of drug-likeness (QED) is 0.803. The molecule has 3 heterocycles. The molecule has 3 saturated heterocycles. The lowest BCUT2D eigenvalue weighted by molar-refractivity contribution is -0.145. The summed E-state index contributed by atoms with van der Waals surface area (Å²) in [6.45, 7) is 1.13. The summed E-state index contributed by atoms with van der Waals surface area (Å²) in [5.41, 5.74) is 0.677. The minimum atomic E-state index is -0.404. The highest BCUT2D eigenvalue weighted by atomic mass is 16.2. The molecular formula is C21H27N3O3. The number of rotatable bonds is 4. The lowest BCUT2D eigenvalue weighted by atomic mass is 9.93. The maximum absolute atomic E-state index is 13.4. The first-order valence-electron chi connectivity index (χ1n) is 9.78. The molecule has 2 atom stereocenters. The molecule has 0 radical (unpaired) electrons. The van der Waals surface area contributed by atoms with Crippen molar-refractivity contribution >= 4 is 17.7 Å². The summed E-state index contributed by atoms with van der Waals surface area (Å²) < 4.78 is 0. The Kier molecular flexibility index (Phi) is 4.44. The first-order chi connectivity index (χ1) is 12.9. The fourth-order valence-corrected chi connectivity index (χ4v) is 4.51. The molecule has 1 aromatic rings. The van der Waals surface area contributed by atoms with Crippen LogP contribution in [0.15, 0.2) is 30.3 Å². The highest BCUT2D eigenvalue weighted by Crippen LogP contribution is 2.50. The minimum Gasteiger partial charge on any atom is -0.347 e. The van der Waals surface area contributed by atoms with E-state index in [0.29, 0.717) is 13.1 Å². The molecular weight excluding hydrogens is 342 g/mol. The maximum atomic E-state index is 13.4. The second-order valence-electron chi connectivity index (χ2n) is 8.34. The van der Waals surface area contributed by atoms with Crippen molar-refractivity contribution < 1.29 is 14.4 Å². The van der Waals surface area contributed by atoms with Crippen molar-refractivity contribution in [2.24, 2.45) is 5.92 Å². The number of hydrogen-bond donors (Lipinski definition) is 0. The van der Waals surface area contributed by atoms with Crippen LogP contribution in [0.25, 0.3) is 0 Å². The van der Waals surface area contributed by atoms with Gasteiger partial charge in [0.1, 0.15) is 6.54 Å². The molecule has 6 nitrogen and oxygen atoms in total. The number of fused-ring (bicyclic) bond motifs is 4. The number of piperidine rings is 1. The highest BCUT2D eigenvalue weighted by Gasteiger charge is 2.54. The molecule has 6 heteroatoms. The Morgan fingerprint density at radius 2 is 1.81 bits per heavy atom. The SMILES string of the molecule is CN(C)C(=O)CN1C(=O)[C@H]2CC[C@@H]1CN(C(=O)C1(c3ccccc3)CC1)C2. The molecule has 1 aromatic carbocycles. The van der Waals surface area contributed by atoms with Crippen LogP contribution < -0.4 is 0 Å². The fourth-order valence-electron chi connectivity index (χ4n) is 4.51. The third kappa shape index (κ3) is 3.11. The number of likely N-dealkylation sites (N-methyl/N-ethyl adjacent to an activating group) is 1. The van der Waals surface area contributed by atoms with Gasteiger partial charge in [0.05, 0.1) is 11.3 Å². The maximum Gasteiger partial charge on any atom is 0.241 e. The van der Waals surface area contributed by atoms with Gasteiger partial charge >= 0.3 is 0 Å². The van der Waals surface area contributed by atoms with Crippen LogP contribution in [-0.4, -0.2) is 72.2 Å². The summed E-state index contributed by atoms with van der Waals surface area (Å²) in [6.07, 6.45) is 3.41. The van der Waals surface area contributed by atoms with E-state index in [1.165, 1.54) is 4.90 Å². The van der Waals surface area contributed by atoms with Crippen molar-refractivity contribution in [2.45, 2.75) is 37.1 Å². The van der Waals surface area contributed by atoms with Crippen molar-refractivity contribution in [2.75, 3.05) is 33.7 Å². The normalized spacial score (nSPS) is 25.9. The summed E-state index contributed by atoms with van der Waals surface area (Å²) in [5, 5.41) is 0. The van der Waals surface area contributed by atoms with Gasteiger partial charge in [-0.15, -0.1) is 0 Å². The molecule has 1 aliphatic carbocycles. The molecule has 0 N–H and O–H groups in total. The second kappa shape index (κ2) is 6.66. The van der Waals surface area contributed by atoms with Crippen LogP contribution in [0.4, 0.5) is 0 Å². The summed E-state index contributed by atoms with van der Waals surface area (Å²) in [5.74, 6) is -0.0774. The zero-order chi connectivity index (χ0) is 19.2. The van der Waals surface area contributed by atoms with Gasteiger partial charge in [-0.3, -0.25) is 14.4 Å². The van der Waals surface area contributed by atoms with Crippen LogP contribution >= 0.6 is 0 Å². The summed E-state index contributed by atoms with van der Waals surface area (Å²) in [6, 6.07) is 9.93. The van der Waals surface area contributed by atoms with Crippen LogP contribution in [-0.2, 0) is 19.8 Å². The van der Waals surface area contributed by atoms with E-state index in [1.807, 2.05) is 35.2 Å². The molecule has 0 spiro atoms. The van der Waals surface area contributed by atoms with Gasteiger partial charge in [0.2, 0.25) is 17.7 Å². The van der Waals surface area contributed by atoms with Crippen LogP contribution in [0.1, 0.15) is 31.2 Å². The van der Waals surface area contributed by atoms with Gasteiger partial charge in [-0.2, -0.15) is 0 Å². The van der Waals surface area contributed by atoms with E-state index >= 15 is 0 Å². The summed E-state index contributed by atoms with van der Waals surface area (Å²) in [7, 11) is 3.41. The number of benzene rings is 1. The minimum absolute atomic E-state index is 0.0290. The van der Waals surface area contributed by atoms with E-state index < -0.39 is 5.41 Å². The summed E-state index contributed by atoms with van der Waals surface area (Å²) in [4.78, 5) is 43.6. The van der Waals surface area contributed by atoms with Crippen LogP contribution in [0, 0.1) is 5.92 Å². The van der Waals surface area contributed by atoms with Gasteiger partial charge in [-0.05, 0) is 31.2 Å². The van der Waals surface area contributed by atoms with E-state index in [-0.39, 0.29) is 36.2 Å². The molecule has 5 rings (SSSR count). The topological polar surface area (TPSA) is 60.9 Å². The molecule has 0 aromatic heterocycles. The zero-order valence-electron chi connectivity index (χ0n) is 16.1. The van der Waals surface area contributed by atoms with Crippen molar-refractivity contribution in [3.8, 4) is 0 Å². The zero-order valence-corrected chi connectivity index (χ0v) is 16.1. The average Bonchev–Trinajstić information content (AvgIpc) is 3.49. The van der Waals surface area contributed by atoms with Crippen molar-refractivity contribution in [1.29, 1.82) is 0 Å². The van der Waals surface area contributed by atoms with Crippen LogP contribution in [0.5, 0.6) is 0 Å². The summed E-state index contributed by atoms with van der Waals surface area (Å²) >= 11 is 0.